The number of hydrogen-bond acceptors (Lipinski definition) is 3. The highest BCUT2D eigenvalue weighted by molar-refractivity contribution is 5.88. The molecule has 0 unspecified atom stereocenters. The van der Waals surface area contributed by atoms with Crippen LogP contribution in [0, 0.1) is 0 Å². The summed E-state index contributed by atoms with van der Waals surface area (Å²) in [6.45, 7) is 5.02. The number of ketones is 1. The highest BCUT2D eigenvalue weighted by Crippen LogP contribution is 2.16. The Morgan fingerprint density at radius 1 is 1.53 bits per heavy atom. The molecule has 1 rings (SSSR count). The molecule has 0 aliphatic rings. The maximum atomic E-state index is 11.3. The Hall–Kier alpha value is -1.61. The summed E-state index contributed by atoms with van der Waals surface area (Å²) < 4.78 is 0. The minimum atomic E-state index is -1.02. The Balaban J connectivity index is 2.89. The Kier molecular flexibility index (Phi) is 3.27. The van der Waals surface area contributed by atoms with Crippen LogP contribution in [0.1, 0.15) is 12.5 Å². The minimum Gasteiger partial charge on any atom is -0.508 e. The maximum absolute atomic E-state index is 11.3. The van der Waals surface area contributed by atoms with E-state index >= 15 is 0 Å². The molecule has 80 valence electrons. The van der Waals surface area contributed by atoms with Gasteiger partial charge in [0.05, 0.1) is 5.54 Å². The van der Waals surface area contributed by atoms with Crippen LogP contribution in [0.3, 0.4) is 0 Å². The number of benzene rings is 1. The fraction of sp³-hybridized carbons (Fsp3) is 0.250. The van der Waals surface area contributed by atoms with Crippen LogP contribution in [0.15, 0.2) is 36.9 Å². The molecule has 0 aliphatic carbocycles. The zero-order valence-corrected chi connectivity index (χ0v) is 8.73. The number of carbonyl (C=O) groups excluding carboxylic acids is 1. The van der Waals surface area contributed by atoms with E-state index in [0.717, 1.165) is 5.56 Å². The van der Waals surface area contributed by atoms with Crippen molar-refractivity contribution < 1.29 is 9.90 Å². The smallest absolute Gasteiger partial charge is 0.153 e. The van der Waals surface area contributed by atoms with Gasteiger partial charge in [-0.05, 0) is 24.6 Å². The van der Waals surface area contributed by atoms with E-state index in [1.54, 1.807) is 24.3 Å². The topological polar surface area (TPSA) is 63.3 Å². The number of phenols is 1. The lowest BCUT2D eigenvalue weighted by Crippen LogP contribution is -2.46. The van der Waals surface area contributed by atoms with Gasteiger partial charge >= 0.3 is 0 Å². The van der Waals surface area contributed by atoms with Crippen LogP contribution in [0.2, 0.25) is 0 Å². The molecule has 0 aliphatic heterocycles. The molecule has 3 N–H and O–H groups in total. The fourth-order valence-corrected chi connectivity index (χ4v) is 1.29. The monoisotopic (exact) mass is 205 g/mol. The molecule has 0 amide bonds. The summed E-state index contributed by atoms with van der Waals surface area (Å²) in [5.74, 6) is 0.0772. The fourth-order valence-electron chi connectivity index (χ4n) is 1.29. The van der Waals surface area contributed by atoms with E-state index in [9.17, 15) is 4.79 Å². The molecule has 0 fully saturated rings. The normalized spacial score (nSPS) is 14.3. The van der Waals surface area contributed by atoms with Gasteiger partial charge in [-0.1, -0.05) is 18.2 Å². The lowest BCUT2D eigenvalue weighted by molar-refractivity contribution is -0.120. The minimum absolute atomic E-state index is 0.120. The van der Waals surface area contributed by atoms with Crippen molar-refractivity contribution in [3.8, 4) is 5.75 Å². The highest BCUT2D eigenvalue weighted by atomic mass is 16.3. The van der Waals surface area contributed by atoms with Crippen LogP contribution in [0.5, 0.6) is 5.75 Å². The first kappa shape index (κ1) is 11.5. The van der Waals surface area contributed by atoms with Gasteiger partial charge in [0.2, 0.25) is 0 Å². The Bertz CT molecular complexity index is 370. The van der Waals surface area contributed by atoms with Gasteiger partial charge in [0, 0.05) is 6.42 Å². The molecule has 3 nitrogen and oxygen atoms in total. The summed E-state index contributed by atoms with van der Waals surface area (Å²) in [7, 11) is 0. The Morgan fingerprint density at radius 3 is 2.47 bits per heavy atom. The molecular formula is C12H15NO2. The SMILES string of the molecule is C=C[C@](N)(Cc1ccc(O)cc1)C(C)=O. The molecule has 3 heteroatoms. The molecule has 0 saturated heterocycles. The number of Topliss-reactive ketones (excluding diaryl/α,β-unsaturated/α-hetero) is 1. The molecule has 0 aromatic heterocycles. The van der Waals surface area contributed by atoms with Crippen molar-refractivity contribution in [2.24, 2.45) is 5.73 Å². The van der Waals surface area contributed by atoms with Crippen molar-refractivity contribution in [3.05, 3.63) is 42.5 Å². The van der Waals surface area contributed by atoms with Gasteiger partial charge < -0.3 is 10.8 Å². The second-order valence-corrected chi connectivity index (χ2v) is 3.64. The number of hydrogen-bond donors (Lipinski definition) is 2. The zero-order valence-electron chi connectivity index (χ0n) is 8.73. The van der Waals surface area contributed by atoms with E-state index in [0.29, 0.717) is 6.42 Å². The predicted octanol–water partition coefficient (Wildman–Crippen LogP) is 1.41. The van der Waals surface area contributed by atoms with Crippen LogP contribution < -0.4 is 5.73 Å². The second-order valence-electron chi connectivity index (χ2n) is 3.64. The van der Waals surface area contributed by atoms with E-state index in [2.05, 4.69) is 6.58 Å². The quantitative estimate of drug-likeness (QED) is 0.730. The average molecular weight is 205 g/mol. The van der Waals surface area contributed by atoms with Gasteiger partial charge in [-0.3, -0.25) is 4.79 Å². The van der Waals surface area contributed by atoms with E-state index < -0.39 is 5.54 Å². The third-order valence-corrected chi connectivity index (χ3v) is 2.45. The third kappa shape index (κ3) is 2.67. The van der Waals surface area contributed by atoms with Gasteiger partial charge in [0.25, 0.3) is 0 Å². The summed E-state index contributed by atoms with van der Waals surface area (Å²) in [5.41, 5.74) is 5.76. The first-order valence-electron chi connectivity index (χ1n) is 4.69. The van der Waals surface area contributed by atoms with E-state index in [1.165, 1.54) is 13.0 Å². The summed E-state index contributed by atoms with van der Waals surface area (Å²) in [5, 5.41) is 9.10. The number of rotatable bonds is 4. The largest absolute Gasteiger partial charge is 0.508 e. The van der Waals surface area contributed by atoms with Crippen molar-refractivity contribution in [1.29, 1.82) is 0 Å². The summed E-state index contributed by atoms with van der Waals surface area (Å²) in [6, 6.07) is 6.62. The first-order valence-corrected chi connectivity index (χ1v) is 4.69. The summed E-state index contributed by atoms with van der Waals surface area (Å²) in [6.07, 6.45) is 1.86. The molecule has 0 radical (unpaired) electrons. The maximum Gasteiger partial charge on any atom is 0.153 e. The van der Waals surface area contributed by atoms with Crippen LogP contribution in [0.4, 0.5) is 0 Å². The lowest BCUT2D eigenvalue weighted by Gasteiger charge is -2.22. The van der Waals surface area contributed by atoms with Crippen LogP contribution in [-0.4, -0.2) is 16.4 Å². The van der Waals surface area contributed by atoms with Crippen molar-refractivity contribution in [1.82, 2.24) is 0 Å². The Morgan fingerprint density at radius 2 is 2.07 bits per heavy atom. The molecule has 0 spiro atoms. The van der Waals surface area contributed by atoms with E-state index in [4.69, 9.17) is 10.8 Å². The van der Waals surface area contributed by atoms with Gasteiger partial charge in [-0.15, -0.1) is 6.58 Å². The average Bonchev–Trinajstić information content (AvgIpc) is 2.21. The number of aromatic hydroxyl groups is 1. The van der Waals surface area contributed by atoms with Crippen LogP contribution in [0.25, 0.3) is 0 Å². The summed E-state index contributed by atoms with van der Waals surface area (Å²) in [4.78, 5) is 11.3. The van der Waals surface area contributed by atoms with E-state index in [-0.39, 0.29) is 11.5 Å². The van der Waals surface area contributed by atoms with Gasteiger partial charge in [0.15, 0.2) is 5.78 Å². The molecule has 1 atom stereocenters. The second kappa shape index (κ2) is 4.28. The van der Waals surface area contributed by atoms with Crippen molar-refractivity contribution in [3.63, 3.8) is 0 Å². The number of carbonyl (C=O) groups is 1. The predicted molar refractivity (Wildman–Crippen MR) is 59.6 cm³/mol. The molecule has 1 aromatic rings. The standard InChI is InChI=1S/C12H15NO2/c1-3-12(13,9(2)14)8-10-4-6-11(15)7-5-10/h3-7,15H,1,8,13H2,2H3/t12-/m0/s1. The third-order valence-electron chi connectivity index (χ3n) is 2.45. The number of nitrogens with two attached hydrogens (primary N) is 1. The molecule has 1 aromatic carbocycles. The van der Waals surface area contributed by atoms with Crippen LogP contribution in [-0.2, 0) is 11.2 Å². The van der Waals surface area contributed by atoms with Crippen molar-refractivity contribution >= 4 is 5.78 Å². The molecule has 0 heterocycles. The molecule has 0 saturated carbocycles. The molecular weight excluding hydrogens is 190 g/mol. The number of phenolic OH excluding ortho intramolecular Hbond substituents is 1. The van der Waals surface area contributed by atoms with Gasteiger partial charge in [-0.2, -0.15) is 0 Å². The first-order chi connectivity index (χ1) is 6.98. The van der Waals surface area contributed by atoms with Gasteiger partial charge in [-0.25, -0.2) is 0 Å². The highest BCUT2D eigenvalue weighted by Gasteiger charge is 2.26. The van der Waals surface area contributed by atoms with Crippen molar-refractivity contribution in [2.75, 3.05) is 0 Å². The van der Waals surface area contributed by atoms with E-state index in [1.807, 2.05) is 0 Å². The van der Waals surface area contributed by atoms with Crippen LogP contribution >= 0.6 is 0 Å². The summed E-state index contributed by atoms with van der Waals surface area (Å²) >= 11 is 0. The molecule has 15 heavy (non-hydrogen) atoms. The molecule has 0 bridgehead atoms. The van der Waals surface area contributed by atoms with Gasteiger partial charge in [0.1, 0.15) is 5.75 Å². The zero-order chi connectivity index (χ0) is 11.5. The van der Waals surface area contributed by atoms with Crippen molar-refractivity contribution in [2.45, 2.75) is 18.9 Å². The lowest BCUT2D eigenvalue weighted by atomic mass is 9.88. The Labute approximate surface area is 89.2 Å².